The van der Waals surface area contributed by atoms with Gasteiger partial charge >= 0.3 is 17.9 Å². The van der Waals surface area contributed by atoms with Crippen LogP contribution in [0.1, 0.15) is 95.9 Å². The van der Waals surface area contributed by atoms with Crippen LogP contribution in [0, 0.1) is 35.5 Å². The molecule has 0 saturated carbocycles. The smallest absolute Gasteiger partial charge is 0.329 e. The van der Waals surface area contributed by atoms with Gasteiger partial charge in [0.15, 0.2) is 18.3 Å². The number of hydrogen-bond donors (Lipinski definition) is 0. The number of carbonyl (C=O) groups is 6. The minimum absolute atomic E-state index is 0.380. The fourth-order valence-corrected chi connectivity index (χ4v) is 5.88. The lowest BCUT2D eigenvalue weighted by Gasteiger charge is -2.39. The van der Waals surface area contributed by atoms with Crippen molar-refractivity contribution in [2.45, 2.75) is 132 Å². The minimum atomic E-state index is -1.28. The van der Waals surface area contributed by atoms with Gasteiger partial charge in [0, 0.05) is 21.1 Å². The maximum atomic E-state index is 14.0. The lowest BCUT2D eigenvalue weighted by molar-refractivity contribution is -0.182. The Morgan fingerprint density at radius 1 is 0.447 bits per heavy atom. The largest absolute Gasteiger partial charge is 0.450 e. The molecule has 1 aliphatic heterocycles. The zero-order chi connectivity index (χ0) is 36.7. The second-order valence-electron chi connectivity index (χ2n) is 14.5. The zero-order valence-electron chi connectivity index (χ0n) is 31.4. The topological polar surface area (TPSA) is 140 Å². The van der Waals surface area contributed by atoms with Gasteiger partial charge in [0.25, 0.3) is 17.7 Å². The van der Waals surface area contributed by atoms with Gasteiger partial charge in [-0.3, -0.25) is 14.4 Å². The summed E-state index contributed by atoms with van der Waals surface area (Å²) in [5, 5.41) is 0. The fourth-order valence-electron chi connectivity index (χ4n) is 5.88. The molecule has 0 bridgehead atoms. The number of cyclic esters (lactones) is 3. The van der Waals surface area contributed by atoms with E-state index in [0.29, 0.717) is 12.8 Å². The van der Waals surface area contributed by atoms with E-state index in [0.717, 1.165) is 0 Å². The summed E-state index contributed by atoms with van der Waals surface area (Å²) >= 11 is 0. The van der Waals surface area contributed by atoms with Gasteiger partial charge in [-0.2, -0.15) is 0 Å². The Bertz CT molecular complexity index is 1110. The van der Waals surface area contributed by atoms with Crippen LogP contribution in [-0.2, 0) is 43.0 Å². The Hall–Kier alpha value is -3.18. The molecule has 0 aliphatic carbocycles. The molecule has 1 aliphatic rings. The molecule has 1 saturated heterocycles. The van der Waals surface area contributed by atoms with Crippen LogP contribution in [0.15, 0.2) is 0 Å². The summed E-state index contributed by atoms with van der Waals surface area (Å²) in [6, 6.07) is -3.31. The summed E-state index contributed by atoms with van der Waals surface area (Å²) < 4.78 is 17.6. The van der Waals surface area contributed by atoms with E-state index in [4.69, 9.17) is 14.2 Å². The molecule has 270 valence electrons. The van der Waals surface area contributed by atoms with E-state index >= 15 is 0 Å². The Balaban J connectivity index is 4.00. The summed E-state index contributed by atoms with van der Waals surface area (Å²) in [5.41, 5.74) is 0. The summed E-state index contributed by atoms with van der Waals surface area (Å²) in [4.78, 5) is 87.3. The van der Waals surface area contributed by atoms with Gasteiger partial charge < -0.3 is 28.9 Å². The molecular weight excluding hydrogens is 606 g/mol. The third-order valence-electron chi connectivity index (χ3n) is 9.29. The molecule has 12 heteroatoms. The van der Waals surface area contributed by atoms with Crippen LogP contribution in [0.25, 0.3) is 0 Å². The quantitative estimate of drug-likeness (QED) is 0.278. The van der Waals surface area contributed by atoms with Crippen molar-refractivity contribution in [1.29, 1.82) is 0 Å². The Morgan fingerprint density at radius 2 is 0.681 bits per heavy atom. The molecular formula is C35H61N3O9. The van der Waals surface area contributed by atoms with E-state index in [2.05, 4.69) is 0 Å². The van der Waals surface area contributed by atoms with Crippen molar-refractivity contribution >= 4 is 35.6 Å². The predicted molar refractivity (Wildman–Crippen MR) is 178 cm³/mol. The number of rotatable bonds is 8. The molecule has 0 spiro atoms. The number of nitrogens with zero attached hydrogens (tertiary/aromatic N) is 3. The molecule has 3 amide bonds. The van der Waals surface area contributed by atoms with Gasteiger partial charge in [-0.15, -0.1) is 0 Å². The molecule has 0 N–H and O–H groups in total. The molecule has 3 unspecified atom stereocenters. The highest BCUT2D eigenvalue weighted by molar-refractivity contribution is 5.94. The highest BCUT2D eigenvalue weighted by atomic mass is 16.6. The van der Waals surface area contributed by atoms with Crippen LogP contribution in [0.2, 0.25) is 0 Å². The summed E-state index contributed by atoms with van der Waals surface area (Å²) in [6.07, 6.45) is -2.82. The standard InChI is InChI=1S/C35H61N3O9/c1-16-22(11)25-34(43)46-27(19(5)6)30(39)36(13)24(18(3)4)33(42)45-28(20(7)8)31(40)37(14)26(23(12)17-2)35(44)47-29(21(9)10)32(41)38(25)15/h18-29H,16-17H2,1-15H3/t22-,23-,24-,25-,26-,27?,28?,29?/m0/s1. The molecule has 0 aromatic heterocycles. The molecule has 12 nitrogen and oxygen atoms in total. The van der Waals surface area contributed by atoms with Crippen LogP contribution in [0.4, 0.5) is 0 Å². The molecule has 47 heavy (non-hydrogen) atoms. The van der Waals surface area contributed by atoms with Gasteiger partial charge in [0.05, 0.1) is 0 Å². The Kier molecular flexibility index (Phi) is 15.9. The van der Waals surface area contributed by atoms with Crippen molar-refractivity contribution in [2.75, 3.05) is 21.1 Å². The average Bonchev–Trinajstić information content (AvgIpc) is 2.98. The van der Waals surface area contributed by atoms with Crippen LogP contribution in [-0.4, -0.2) is 108 Å². The number of carbonyl (C=O) groups excluding carboxylic acids is 6. The maximum Gasteiger partial charge on any atom is 0.329 e. The lowest BCUT2D eigenvalue weighted by atomic mass is 9.94. The predicted octanol–water partition coefficient (Wildman–Crippen LogP) is 3.93. The molecule has 1 fully saturated rings. The van der Waals surface area contributed by atoms with Crippen LogP contribution >= 0.6 is 0 Å². The van der Waals surface area contributed by atoms with Gasteiger partial charge in [0.1, 0.15) is 18.1 Å². The van der Waals surface area contributed by atoms with Gasteiger partial charge in [-0.05, 0) is 35.5 Å². The number of ether oxygens (including phenoxy) is 3. The number of amides is 3. The number of hydrogen-bond acceptors (Lipinski definition) is 9. The fraction of sp³-hybridized carbons (Fsp3) is 0.829. The van der Waals surface area contributed by atoms with Crippen molar-refractivity contribution in [2.24, 2.45) is 35.5 Å². The van der Waals surface area contributed by atoms with Gasteiger partial charge in [-0.25, -0.2) is 14.4 Å². The van der Waals surface area contributed by atoms with Gasteiger partial charge in [-0.1, -0.05) is 95.9 Å². The SMILES string of the molecule is CC[C@H](C)[C@H]1C(=O)OC(C(C)C)C(=O)N(C)[C@@H]([C@@H](C)CC)C(=O)OC(C(C)C)C(=O)N(C)[C@@H](C(C)C)C(=O)OC(C(C)C)C(=O)N1C. The van der Waals surface area contributed by atoms with E-state index in [9.17, 15) is 28.8 Å². The first-order chi connectivity index (χ1) is 21.6. The van der Waals surface area contributed by atoms with Gasteiger partial charge in [0.2, 0.25) is 0 Å². The number of likely N-dealkylation sites (N-methyl/N-ethyl adjacent to an activating group) is 3. The molecule has 0 radical (unpaired) electrons. The third-order valence-corrected chi connectivity index (χ3v) is 9.29. The van der Waals surface area contributed by atoms with Crippen LogP contribution in [0.3, 0.4) is 0 Å². The third kappa shape index (κ3) is 9.92. The molecule has 1 heterocycles. The maximum absolute atomic E-state index is 14.0. The first kappa shape index (κ1) is 41.8. The van der Waals surface area contributed by atoms with Crippen molar-refractivity contribution in [1.82, 2.24) is 14.7 Å². The van der Waals surface area contributed by atoms with Crippen molar-refractivity contribution in [3.8, 4) is 0 Å². The summed E-state index contributed by atoms with van der Waals surface area (Å²) in [5.74, 6) is -6.82. The summed E-state index contributed by atoms with van der Waals surface area (Å²) in [7, 11) is 4.36. The normalized spacial score (nSPS) is 28.0. The highest BCUT2D eigenvalue weighted by Gasteiger charge is 2.45. The Labute approximate surface area is 282 Å². The highest BCUT2D eigenvalue weighted by Crippen LogP contribution is 2.26. The minimum Gasteiger partial charge on any atom is -0.450 e. The first-order valence-electron chi connectivity index (χ1n) is 17.1. The van der Waals surface area contributed by atoms with E-state index < -0.39 is 95.7 Å². The second kappa shape index (κ2) is 17.8. The van der Waals surface area contributed by atoms with Crippen LogP contribution < -0.4 is 0 Å². The zero-order valence-corrected chi connectivity index (χ0v) is 31.4. The first-order valence-corrected chi connectivity index (χ1v) is 17.1. The van der Waals surface area contributed by atoms with E-state index in [1.165, 1.54) is 35.8 Å². The molecule has 0 aromatic rings. The van der Waals surface area contributed by atoms with E-state index in [1.807, 2.05) is 13.8 Å². The van der Waals surface area contributed by atoms with E-state index in [1.54, 1.807) is 69.2 Å². The van der Waals surface area contributed by atoms with Crippen molar-refractivity contribution in [3.05, 3.63) is 0 Å². The molecule has 0 aromatic carbocycles. The second-order valence-corrected chi connectivity index (χ2v) is 14.5. The average molecular weight is 668 g/mol. The molecule has 8 atom stereocenters. The molecule has 1 rings (SSSR count). The van der Waals surface area contributed by atoms with E-state index in [-0.39, 0.29) is 11.8 Å². The Morgan fingerprint density at radius 3 is 0.894 bits per heavy atom. The van der Waals surface area contributed by atoms with Crippen molar-refractivity contribution in [3.63, 3.8) is 0 Å². The number of esters is 3. The summed E-state index contributed by atoms with van der Waals surface area (Å²) in [6.45, 7) is 21.1. The lowest BCUT2D eigenvalue weighted by Crippen LogP contribution is -2.58. The van der Waals surface area contributed by atoms with Crippen molar-refractivity contribution < 1.29 is 43.0 Å². The van der Waals surface area contributed by atoms with Crippen LogP contribution in [0.5, 0.6) is 0 Å². The monoisotopic (exact) mass is 667 g/mol.